The Hall–Kier alpha value is -2.37. The lowest BCUT2D eigenvalue weighted by Crippen LogP contribution is -2.36. The van der Waals surface area contributed by atoms with Crippen molar-refractivity contribution in [1.29, 1.82) is 0 Å². The van der Waals surface area contributed by atoms with E-state index < -0.39 is 0 Å². The molecule has 114 valence electrons. The average Bonchev–Trinajstić information content (AvgIpc) is 2.86. The van der Waals surface area contributed by atoms with Crippen LogP contribution < -0.4 is 5.56 Å². The van der Waals surface area contributed by atoms with Gasteiger partial charge in [-0.2, -0.15) is 0 Å². The first kappa shape index (κ1) is 13.3. The summed E-state index contributed by atoms with van der Waals surface area (Å²) in [6.07, 6.45) is 4.21. The van der Waals surface area contributed by atoms with Crippen molar-refractivity contribution >= 4 is 5.91 Å². The summed E-state index contributed by atoms with van der Waals surface area (Å²) in [7, 11) is 0. The molecular formula is C16H17N3O3. The Kier molecular flexibility index (Phi) is 3.10. The maximum Gasteiger partial charge on any atom is 0.270 e. The van der Waals surface area contributed by atoms with E-state index in [9.17, 15) is 9.59 Å². The second-order valence-corrected chi connectivity index (χ2v) is 5.96. The van der Waals surface area contributed by atoms with Gasteiger partial charge in [-0.05, 0) is 18.9 Å². The van der Waals surface area contributed by atoms with Crippen molar-refractivity contribution in [3.05, 3.63) is 51.6 Å². The molecule has 0 saturated heterocycles. The van der Waals surface area contributed by atoms with Crippen molar-refractivity contribution in [2.45, 2.75) is 38.1 Å². The summed E-state index contributed by atoms with van der Waals surface area (Å²) in [6.45, 7) is 1.03. The molecule has 2 aromatic heterocycles. The van der Waals surface area contributed by atoms with Crippen LogP contribution in [0.25, 0.3) is 0 Å². The SMILES string of the molecule is O=C(c1cccc(=O)[nH]1)N1CCc2oc(C3CCC3)nc2C1. The summed E-state index contributed by atoms with van der Waals surface area (Å²) in [5.74, 6) is 2.03. The number of hydrogen-bond acceptors (Lipinski definition) is 4. The number of carbonyl (C=O) groups excluding carboxylic acids is 1. The molecule has 1 aliphatic heterocycles. The van der Waals surface area contributed by atoms with E-state index in [-0.39, 0.29) is 11.5 Å². The van der Waals surface area contributed by atoms with Crippen LogP contribution in [-0.2, 0) is 13.0 Å². The molecule has 0 atom stereocenters. The van der Waals surface area contributed by atoms with Crippen LogP contribution in [0.1, 0.15) is 53.0 Å². The van der Waals surface area contributed by atoms with Crippen LogP contribution in [0, 0.1) is 0 Å². The Bertz CT molecular complexity index is 773. The van der Waals surface area contributed by atoms with Crippen molar-refractivity contribution in [3.63, 3.8) is 0 Å². The van der Waals surface area contributed by atoms with E-state index in [1.54, 1.807) is 17.0 Å². The zero-order chi connectivity index (χ0) is 15.1. The number of aromatic nitrogens is 2. The largest absolute Gasteiger partial charge is 0.445 e. The highest BCUT2D eigenvalue weighted by Gasteiger charge is 2.30. The maximum atomic E-state index is 12.5. The maximum absolute atomic E-state index is 12.5. The summed E-state index contributed by atoms with van der Waals surface area (Å²) in [5.41, 5.74) is 0.913. The highest BCUT2D eigenvalue weighted by atomic mass is 16.4. The number of rotatable bonds is 2. The van der Waals surface area contributed by atoms with E-state index in [0.29, 0.717) is 31.1 Å². The number of nitrogens with zero attached hydrogens (tertiary/aromatic N) is 2. The van der Waals surface area contributed by atoms with E-state index in [0.717, 1.165) is 30.2 Å². The van der Waals surface area contributed by atoms with Gasteiger partial charge < -0.3 is 14.3 Å². The number of carbonyl (C=O) groups is 1. The molecule has 2 aromatic rings. The third kappa shape index (κ3) is 2.24. The van der Waals surface area contributed by atoms with Crippen LogP contribution in [0.15, 0.2) is 27.4 Å². The molecule has 1 aliphatic carbocycles. The smallest absolute Gasteiger partial charge is 0.270 e. The molecule has 6 nitrogen and oxygen atoms in total. The van der Waals surface area contributed by atoms with Gasteiger partial charge in [-0.3, -0.25) is 9.59 Å². The number of hydrogen-bond donors (Lipinski definition) is 1. The van der Waals surface area contributed by atoms with Crippen molar-refractivity contribution in [3.8, 4) is 0 Å². The summed E-state index contributed by atoms with van der Waals surface area (Å²) >= 11 is 0. The predicted molar refractivity (Wildman–Crippen MR) is 78.6 cm³/mol. The molecule has 4 rings (SSSR count). The lowest BCUT2D eigenvalue weighted by molar-refractivity contribution is 0.0721. The summed E-state index contributed by atoms with van der Waals surface area (Å²) in [4.78, 5) is 32.7. The molecule has 0 bridgehead atoms. The molecule has 0 spiro atoms. The van der Waals surface area contributed by atoms with Crippen LogP contribution in [0.3, 0.4) is 0 Å². The first-order valence-corrected chi connectivity index (χ1v) is 7.68. The lowest BCUT2D eigenvalue weighted by atomic mass is 9.85. The standard InChI is InChI=1S/C16H17N3O3/c20-14-6-2-5-11(17-14)16(21)19-8-7-13-12(9-19)18-15(22-13)10-3-1-4-10/h2,5-6,10H,1,3-4,7-9H2,(H,17,20). The van der Waals surface area contributed by atoms with Crippen LogP contribution >= 0.6 is 0 Å². The summed E-state index contributed by atoms with van der Waals surface area (Å²) in [6, 6.07) is 4.61. The third-order valence-corrected chi connectivity index (χ3v) is 4.48. The fourth-order valence-corrected chi connectivity index (χ4v) is 2.96. The monoisotopic (exact) mass is 299 g/mol. The number of nitrogens with one attached hydrogen (secondary N) is 1. The Morgan fingerprint density at radius 3 is 2.95 bits per heavy atom. The summed E-state index contributed by atoms with van der Waals surface area (Å²) in [5, 5.41) is 0. The zero-order valence-electron chi connectivity index (χ0n) is 12.2. The van der Waals surface area contributed by atoms with E-state index in [2.05, 4.69) is 9.97 Å². The van der Waals surface area contributed by atoms with Crippen molar-refractivity contribution in [2.24, 2.45) is 0 Å². The second-order valence-electron chi connectivity index (χ2n) is 5.96. The van der Waals surface area contributed by atoms with E-state index >= 15 is 0 Å². The number of fused-ring (bicyclic) bond motifs is 1. The number of oxazole rings is 1. The fourth-order valence-electron chi connectivity index (χ4n) is 2.96. The highest BCUT2D eigenvalue weighted by molar-refractivity contribution is 5.92. The minimum atomic E-state index is -0.266. The second kappa shape index (κ2) is 5.12. The van der Waals surface area contributed by atoms with Gasteiger partial charge in [0.05, 0.1) is 6.54 Å². The highest BCUT2D eigenvalue weighted by Crippen LogP contribution is 2.37. The van der Waals surface area contributed by atoms with Crippen LogP contribution in [0.2, 0.25) is 0 Å². The molecule has 1 saturated carbocycles. The first-order valence-electron chi connectivity index (χ1n) is 7.68. The van der Waals surface area contributed by atoms with Crippen molar-refractivity contribution in [1.82, 2.24) is 14.9 Å². The van der Waals surface area contributed by atoms with E-state index in [1.807, 2.05) is 0 Å². The van der Waals surface area contributed by atoms with Gasteiger partial charge in [-0.1, -0.05) is 12.5 Å². The summed E-state index contributed by atoms with van der Waals surface area (Å²) < 4.78 is 5.86. The minimum Gasteiger partial charge on any atom is -0.445 e. The quantitative estimate of drug-likeness (QED) is 0.917. The van der Waals surface area contributed by atoms with Crippen molar-refractivity contribution < 1.29 is 9.21 Å². The van der Waals surface area contributed by atoms with Crippen LogP contribution in [-0.4, -0.2) is 27.3 Å². The molecule has 1 amide bonds. The van der Waals surface area contributed by atoms with Gasteiger partial charge in [-0.25, -0.2) is 4.98 Å². The van der Waals surface area contributed by atoms with Crippen LogP contribution in [0.4, 0.5) is 0 Å². The average molecular weight is 299 g/mol. The number of amides is 1. The third-order valence-electron chi connectivity index (χ3n) is 4.48. The van der Waals surface area contributed by atoms with Gasteiger partial charge in [-0.15, -0.1) is 0 Å². The first-order chi connectivity index (χ1) is 10.7. The van der Waals surface area contributed by atoms with Gasteiger partial charge in [0, 0.05) is 24.9 Å². The van der Waals surface area contributed by atoms with E-state index in [4.69, 9.17) is 4.42 Å². The minimum absolute atomic E-state index is 0.170. The molecule has 0 radical (unpaired) electrons. The predicted octanol–water partition coefficient (Wildman–Crippen LogP) is 1.83. The van der Waals surface area contributed by atoms with Crippen LogP contribution in [0.5, 0.6) is 0 Å². The van der Waals surface area contributed by atoms with Gasteiger partial charge >= 0.3 is 0 Å². The van der Waals surface area contributed by atoms with Gasteiger partial charge in [0.2, 0.25) is 5.56 Å². The molecule has 0 aromatic carbocycles. The van der Waals surface area contributed by atoms with E-state index in [1.165, 1.54) is 12.5 Å². The van der Waals surface area contributed by atoms with Gasteiger partial charge in [0.15, 0.2) is 5.89 Å². The lowest BCUT2D eigenvalue weighted by Gasteiger charge is -2.25. The number of H-pyrrole nitrogens is 1. The Labute approximate surface area is 127 Å². The Morgan fingerprint density at radius 1 is 1.36 bits per heavy atom. The Balaban J connectivity index is 1.55. The van der Waals surface area contributed by atoms with Gasteiger partial charge in [0.1, 0.15) is 17.1 Å². The topological polar surface area (TPSA) is 79.2 Å². The molecule has 1 N–H and O–H groups in total. The Morgan fingerprint density at radius 2 is 2.23 bits per heavy atom. The molecule has 22 heavy (non-hydrogen) atoms. The molecule has 0 unspecified atom stereocenters. The zero-order valence-corrected chi connectivity index (χ0v) is 12.2. The molecule has 3 heterocycles. The number of pyridine rings is 1. The normalized spacial score (nSPS) is 17.9. The molecule has 1 fully saturated rings. The molecule has 2 aliphatic rings. The fraction of sp³-hybridized carbons (Fsp3) is 0.438. The number of aromatic amines is 1. The molecule has 6 heteroatoms. The van der Waals surface area contributed by atoms with Crippen molar-refractivity contribution in [2.75, 3.05) is 6.54 Å². The molecular weight excluding hydrogens is 282 g/mol. The van der Waals surface area contributed by atoms with Gasteiger partial charge in [0.25, 0.3) is 5.91 Å².